The Morgan fingerprint density at radius 3 is 1.52 bits per heavy atom. The second-order valence-corrected chi connectivity index (χ2v) is 11.0. The van der Waals surface area contributed by atoms with Crippen LogP contribution in [0.15, 0.2) is 0 Å². The summed E-state index contributed by atoms with van der Waals surface area (Å²) in [5.41, 5.74) is 9.79. The van der Waals surface area contributed by atoms with Gasteiger partial charge in [0, 0.05) is 57.0 Å². The highest BCUT2D eigenvalue weighted by Crippen LogP contribution is 2.22. The minimum absolute atomic E-state index is 0.00727. The number of aromatic nitrogens is 4. The van der Waals surface area contributed by atoms with Crippen LogP contribution in [0.3, 0.4) is 0 Å². The van der Waals surface area contributed by atoms with Gasteiger partial charge in [0.25, 0.3) is 0 Å². The van der Waals surface area contributed by atoms with E-state index in [-0.39, 0.29) is 12.8 Å². The number of carboxylic acid groups (broad SMARTS) is 2. The van der Waals surface area contributed by atoms with Gasteiger partial charge >= 0.3 is 11.9 Å². The van der Waals surface area contributed by atoms with Crippen LogP contribution < -0.4 is 31.8 Å². The lowest BCUT2D eigenvalue weighted by molar-refractivity contribution is -0.138. The molecule has 0 fully saturated rings. The smallest absolute Gasteiger partial charge is 0.303 e. The fourth-order valence-corrected chi connectivity index (χ4v) is 6.15. The van der Waals surface area contributed by atoms with Crippen molar-refractivity contribution in [3.05, 3.63) is 88.0 Å². The van der Waals surface area contributed by atoms with Crippen LogP contribution in [0.25, 0.3) is 36.5 Å². The van der Waals surface area contributed by atoms with Gasteiger partial charge in [0.05, 0.1) is 0 Å². The molecule has 0 radical (unpaired) electrons. The van der Waals surface area contributed by atoms with E-state index in [1.165, 1.54) is 0 Å². The highest BCUT2D eigenvalue weighted by atomic mass is 16.4. The monoisotopic (exact) mass is 566 g/mol. The van der Waals surface area contributed by atoms with E-state index >= 15 is 0 Å². The number of aliphatic carboxylic acids is 2. The predicted molar refractivity (Wildman–Crippen MR) is 166 cm³/mol. The lowest BCUT2D eigenvalue weighted by Gasteiger charge is -2.01. The van der Waals surface area contributed by atoms with E-state index in [1.54, 1.807) is 0 Å². The van der Waals surface area contributed by atoms with Crippen LogP contribution >= 0.6 is 0 Å². The van der Waals surface area contributed by atoms with Crippen molar-refractivity contribution in [3.8, 4) is 0 Å². The summed E-state index contributed by atoms with van der Waals surface area (Å²) in [4.78, 5) is 37.4. The molecule has 1 aliphatic rings. The van der Waals surface area contributed by atoms with Crippen LogP contribution in [0.5, 0.6) is 0 Å². The van der Waals surface area contributed by atoms with Gasteiger partial charge in [-0.2, -0.15) is 0 Å². The van der Waals surface area contributed by atoms with Crippen molar-refractivity contribution >= 4 is 48.4 Å². The molecule has 1 aliphatic heterocycles. The molecule has 5 rings (SSSR count). The molecule has 218 valence electrons. The van der Waals surface area contributed by atoms with Crippen LogP contribution in [0.2, 0.25) is 0 Å². The first-order chi connectivity index (χ1) is 20.0. The Bertz CT molecular complexity index is 2110. The molecule has 8 bridgehead atoms. The minimum Gasteiger partial charge on any atom is -0.481 e. The summed E-state index contributed by atoms with van der Waals surface area (Å²) in [6.07, 6.45) is 13.3. The first-order valence-corrected chi connectivity index (χ1v) is 14.3. The maximum absolute atomic E-state index is 11.5. The number of hydrogen-bond donors (Lipinski definition) is 6. The number of hydrogen-bond acceptors (Lipinski definition) is 2. The molecule has 0 unspecified atom stereocenters. The lowest BCUT2D eigenvalue weighted by atomic mass is 10.0. The van der Waals surface area contributed by atoms with Gasteiger partial charge in [0.2, 0.25) is 0 Å². The molecule has 0 spiro atoms. The molecule has 42 heavy (non-hydrogen) atoms. The molecular weight excluding hydrogens is 528 g/mol. The summed E-state index contributed by atoms with van der Waals surface area (Å²) < 4.78 is 0. The van der Waals surface area contributed by atoms with Crippen molar-refractivity contribution in [2.75, 3.05) is 0 Å². The van der Waals surface area contributed by atoms with Crippen LogP contribution in [0.1, 0.15) is 82.8 Å². The Kier molecular flexibility index (Phi) is 7.73. The first kappa shape index (κ1) is 28.8. The van der Waals surface area contributed by atoms with Crippen LogP contribution in [-0.4, -0.2) is 42.1 Å². The van der Waals surface area contributed by atoms with Crippen LogP contribution in [-0.2, 0) is 22.4 Å². The Morgan fingerprint density at radius 1 is 0.571 bits per heavy atom. The van der Waals surface area contributed by atoms with Crippen LogP contribution in [0, 0.1) is 27.7 Å². The zero-order valence-electron chi connectivity index (χ0n) is 25.0. The summed E-state index contributed by atoms with van der Waals surface area (Å²) in [5, 5.41) is 24.9. The maximum Gasteiger partial charge on any atom is 0.303 e. The lowest BCUT2D eigenvalue weighted by Crippen LogP contribution is -2.24. The van der Waals surface area contributed by atoms with Crippen molar-refractivity contribution in [3.63, 3.8) is 0 Å². The summed E-state index contributed by atoms with van der Waals surface area (Å²) in [7, 11) is 0. The zero-order valence-corrected chi connectivity index (χ0v) is 25.0. The molecule has 0 amide bonds. The molecule has 0 saturated heterocycles. The Morgan fingerprint density at radius 2 is 1.02 bits per heavy atom. The number of carbonyl (C=O) groups is 2. The number of aromatic amines is 4. The summed E-state index contributed by atoms with van der Waals surface area (Å²) in [5.74, 6) is -1.71. The molecule has 5 heterocycles. The molecular formula is C34H38N4O4. The topological polar surface area (TPSA) is 138 Å². The van der Waals surface area contributed by atoms with E-state index in [2.05, 4.69) is 64.2 Å². The van der Waals surface area contributed by atoms with Crippen molar-refractivity contribution in [2.24, 2.45) is 0 Å². The number of H-pyrrole nitrogens is 4. The van der Waals surface area contributed by atoms with Crippen molar-refractivity contribution in [1.82, 2.24) is 19.9 Å². The fourth-order valence-electron chi connectivity index (χ4n) is 6.15. The van der Waals surface area contributed by atoms with Gasteiger partial charge in [-0.05, 0) is 123 Å². The zero-order chi connectivity index (χ0) is 30.3. The van der Waals surface area contributed by atoms with E-state index < -0.39 is 11.9 Å². The maximum atomic E-state index is 11.5. The van der Waals surface area contributed by atoms with Crippen molar-refractivity contribution < 1.29 is 19.8 Å². The summed E-state index contributed by atoms with van der Waals surface area (Å²) >= 11 is 0. The Balaban J connectivity index is 1.94. The molecule has 6 N–H and O–H groups in total. The van der Waals surface area contributed by atoms with Gasteiger partial charge in [-0.1, -0.05) is 12.2 Å². The normalized spacial score (nSPS) is 13.4. The average molecular weight is 567 g/mol. The van der Waals surface area contributed by atoms with E-state index in [0.29, 0.717) is 12.8 Å². The first-order valence-electron chi connectivity index (χ1n) is 14.3. The van der Waals surface area contributed by atoms with Gasteiger partial charge in [0.15, 0.2) is 0 Å². The molecule has 0 aromatic carbocycles. The molecule has 4 aromatic rings. The minimum atomic E-state index is -0.854. The van der Waals surface area contributed by atoms with Crippen molar-refractivity contribution in [1.29, 1.82) is 0 Å². The van der Waals surface area contributed by atoms with E-state index in [4.69, 9.17) is 0 Å². The molecule has 0 aliphatic carbocycles. The Labute approximate surface area is 243 Å². The highest BCUT2D eigenvalue weighted by molar-refractivity contribution is 5.69. The van der Waals surface area contributed by atoms with E-state index in [0.717, 1.165) is 88.0 Å². The number of carboxylic acids is 2. The van der Waals surface area contributed by atoms with Gasteiger partial charge in [-0.3, -0.25) is 9.59 Å². The summed E-state index contributed by atoms with van der Waals surface area (Å²) in [6.45, 7) is 12.3. The third-order valence-electron chi connectivity index (χ3n) is 8.55. The molecule has 4 aromatic heterocycles. The largest absolute Gasteiger partial charge is 0.481 e. The molecule has 0 atom stereocenters. The number of rotatable bonds is 6. The third-order valence-corrected chi connectivity index (χ3v) is 8.55. The number of fused-ring (bicyclic) bond motifs is 8. The highest BCUT2D eigenvalue weighted by Gasteiger charge is 2.16. The Hall–Kier alpha value is -4.72. The molecule has 0 saturated carbocycles. The van der Waals surface area contributed by atoms with Gasteiger partial charge in [0.1, 0.15) is 0 Å². The second kappa shape index (κ2) is 11.3. The van der Waals surface area contributed by atoms with E-state index in [1.807, 2.05) is 33.8 Å². The standard InChI is InChI=1S/C34H38N4O4/c1-7-21-17(3)25-13-26-19(5)23(9-11-33(39)40)31(37-26)16-32-24(10-12-34(41)42)20(6)28(38-32)15-30-22(8-2)18(4)27(36-30)14-29(21)35-25/h7-8,13-16,35-38H,9-12H2,1-6H3,(H,39,40)(H,41,42)/b21-7+,22-8?,26-13?,29-14?,30-15?,31-16?. The van der Waals surface area contributed by atoms with Gasteiger partial charge in [-0.25, -0.2) is 0 Å². The predicted octanol–water partition coefficient (Wildman–Crippen LogP) is 1.50. The van der Waals surface area contributed by atoms with Gasteiger partial charge in [-0.15, -0.1) is 0 Å². The van der Waals surface area contributed by atoms with Gasteiger partial charge < -0.3 is 30.1 Å². The second-order valence-electron chi connectivity index (χ2n) is 11.0. The quantitative estimate of drug-likeness (QED) is 0.186. The number of nitrogens with one attached hydrogen (secondary N) is 4. The average Bonchev–Trinajstić information content (AvgIpc) is 3.59. The fraction of sp³-hybridized carbons (Fsp3) is 0.294. The third kappa shape index (κ3) is 5.20. The molecule has 8 nitrogen and oxygen atoms in total. The summed E-state index contributed by atoms with van der Waals surface area (Å²) in [6, 6.07) is 0. The molecule has 8 heteroatoms. The van der Waals surface area contributed by atoms with Crippen molar-refractivity contribution in [2.45, 2.75) is 67.2 Å². The van der Waals surface area contributed by atoms with E-state index in [9.17, 15) is 19.8 Å². The SMILES string of the molecule is CC=c1c(C)c2[nH]c1=Cc1[nH]c(c(CCC(=O)O)c1C)C=c1[nH]c(c(C)c1CCC(=O)O)=Cc1[nH]c(/c(=C/C)c1C)=C2. The van der Waals surface area contributed by atoms with Crippen LogP contribution in [0.4, 0.5) is 0 Å².